The van der Waals surface area contributed by atoms with E-state index in [2.05, 4.69) is 42.3 Å². The highest BCUT2D eigenvalue weighted by atomic mass is 32.2. The van der Waals surface area contributed by atoms with Crippen molar-refractivity contribution in [3.63, 3.8) is 0 Å². The number of hydrogen-bond donors (Lipinski definition) is 2. The number of aryl methyl sites for hydroxylation is 1. The molecule has 0 saturated carbocycles. The zero-order valence-corrected chi connectivity index (χ0v) is 16.6. The van der Waals surface area contributed by atoms with Crippen LogP contribution in [0.4, 0.5) is 5.69 Å². The molecule has 0 saturated heterocycles. The number of amides is 1. The van der Waals surface area contributed by atoms with Gasteiger partial charge >= 0.3 is 0 Å². The highest BCUT2D eigenvalue weighted by Crippen LogP contribution is 2.15. The van der Waals surface area contributed by atoms with Crippen LogP contribution in [0.2, 0.25) is 0 Å². The Morgan fingerprint density at radius 2 is 1.85 bits per heavy atom. The van der Waals surface area contributed by atoms with Crippen LogP contribution in [0.1, 0.15) is 24.5 Å². The molecule has 0 fully saturated rings. The number of carbonyl (C=O) groups excluding carboxylic acids is 1. The molecule has 2 aromatic rings. The summed E-state index contributed by atoms with van der Waals surface area (Å²) in [5.41, 5.74) is 3.27. The molecule has 27 heavy (non-hydrogen) atoms. The maximum absolute atomic E-state index is 12.1. The Bertz CT molecular complexity index is 864. The van der Waals surface area contributed by atoms with E-state index in [1.165, 1.54) is 17.7 Å². The number of primary sulfonamides is 1. The van der Waals surface area contributed by atoms with Gasteiger partial charge in [0.2, 0.25) is 15.9 Å². The number of hydrogen-bond acceptors (Lipinski definition) is 4. The average molecular weight is 390 g/mol. The number of nitrogens with zero attached hydrogens (tertiary/aromatic N) is 1. The SMILES string of the molecule is CCN(CCC(=O)NCCc1ccc(S(N)(=O)=O)cc1)c1cccc(C)c1. The molecule has 7 heteroatoms. The van der Waals surface area contributed by atoms with Crippen LogP contribution in [0.5, 0.6) is 0 Å². The van der Waals surface area contributed by atoms with Gasteiger partial charge in [0.05, 0.1) is 4.90 Å². The number of nitrogens with two attached hydrogens (primary N) is 1. The lowest BCUT2D eigenvalue weighted by molar-refractivity contribution is -0.120. The Morgan fingerprint density at radius 3 is 2.44 bits per heavy atom. The fourth-order valence-electron chi connectivity index (χ4n) is 2.81. The van der Waals surface area contributed by atoms with Crippen LogP contribution >= 0.6 is 0 Å². The van der Waals surface area contributed by atoms with Gasteiger partial charge in [0.1, 0.15) is 0 Å². The molecule has 6 nitrogen and oxygen atoms in total. The van der Waals surface area contributed by atoms with E-state index in [9.17, 15) is 13.2 Å². The molecule has 146 valence electrons. The minimum absolute atomic E-state index is 0.00209. The summed E-state index contributed by atoms with van der Waals surface area (Å²) in [7, 11) is -3.67. The molecular weight excluding hydrogens is 362 g/mol. The minimum Gasteiger partial charge on any atom is -0.371 e. The highest BCUT2D eigenvalue weighted by Gasteiger charge is 2.09. The van der Waals surface area contributed by atoms with E-state index < -0.39 is 10.0 Å². The first kappa shape index (κ1) is 20.9. The molecule has 2 rings (SSSR count). The Labute approximate surface area is 161 Å². The number of benzene rings is 2. The van der Waals surface area contributed by atoms with E-state index in [1.807, 2.05) is 6.07 Å². The van der Waals surface area contributed by atoms with Gasteiger partial charge in [-0.2, -0.15) is 0 Å². The molecule has 0 aliphatic rings. The quantitative estimate of drug-likeness (QED) is 0.688. The van der Waals surface area contributed by atoms with Gasteiger partial charge in [-0.25, -0.2) is 13.6 Å². The third-order valence-electron chi connectivity index (χ3n) is 4.35. The first-order valence-electron chi connectivity index (χ1n) is 8.99. The third kappa shape index (κ3) is 6.69. The van der Waals surface area contributed by atoms with Crippen molar-refractivity contribution < 1.29 is 13.2 Å². The van der Waals surface area contributed by atoms with E-state index in [-0.39, 0.29) is 10.8 Å². The van der Waals surface area contributed by atoms with Crippen LogP contribution in [0.15, 0.2) is 53.4 Å². The topological polar surface area (TPSA) is 92.5 Å². The van der Waals surface area contributed by atoms with Gasteiger partial charge in [-0.1, -0.05) is 24.3 Å². The van der Waals surface area contributed by atoms with Gasteiger partial charge < -0.3 is 10.2 Å². The summed E-state index contributed by atoms with van der Waals surface area (Å²) < 4.78 is 22.5. The molecule has 0 radical (unpaired) electrons. The first-order chi connectivity index (χ1) is 12.8. The van der Waals surface area contributed by atoms with Gasteiger partial charge in [-0.05, 0) is 55.7 Å². The predicted octanol–water partition coefficient (Wildman–Crippen LogP) is 2.22. The highest BCUT2D eigenvalue weighted by molar-refractivity contribution is 7.89. The maximum Gasteiger partial charge on any atom is 0.238 e. The molecule has 0 spiro atoms. The van der Waals surface area contributed by atoms with Crippen LogP contribution < -0.4 is 15.4 Å². The van der Waals surface area contributed by atoms with Gasteiger partial charge in [-0.15, -0.1) is 0 Å². The van der Waals surface area contributed by atoms with Crippen LogP contribution in [0, 0.1) is 6.92 Å². The second kappa shape index (κ2) is 9.53. The molecule has 3 N–H and O–H groups in total. The molecule has 0 atom stereocenters. The van der Waals surface area contributed by atoms with Crippen molar-refractivity contribution in [1.29, 1.82) is 0 Å². The van der Waals surface area contributed by atoms with E-state index in [0.29, 0.717) is 25.9 Å². The fourth-order valence-corrected chi connectivity index (χ4v) is 3.33. The lowest BCUT2D eigenvalue weighted by Crippen LogP contribution is -2.31. The lowest BCUT2D eigenvalue weighted by atomic mass is 10.1. The Morgan fingerprint density at radius 1 is 1.15 bits per heavy atom. The minimum atomic E-state index is -3.67. The molecule has 0 aromatic heterocycles. The number of sulfonamides is 1. The van der Waals surface area contributed by atoms with E-state index in [4.69, 9.17) is 5.14 Å². The Balaban J connectivity index is 1.77. The normalized spacial score (nSPS) is 11.2. The average Bonchev–Trinajstić information content (AvgIpc) is 2.62. The molecular formula is C20H27N3O3S. The van der Waals surface area contributed by atoms with Crippen molar-refractivity contribution in [3.05, 3.63) is 59.7 Å². The molecule has 1 amide bonds. The van der Waals surface area contributed by atoms with Crippen molar-refractivity contribution in [2.75, 3.05) is 24.5 Å². The third-order valence-corrected chi connectivity index (χ3v) is 5.27. The number of anilines is 1. The van der Waals surface area contributed by atoms with Gasteiger partial charge in [0, 0.05) is 31.7 Å². The van der Waals surface area contributed by atoms with Crippen molar-refractivity contribution >= 4 is 21.6 Å². The van der Waals surface area contributed by atoms with Crippen LogP contribution in [-0.2, 0) is 21.2 Å². The van der Waals surface area contributed by atoms with Gasteiger partial charge in [0.15, 0.2) is 0 Å². The second-order valence-electron chi connectivity index (χ2n) is 6.46. The Kier molecular flexibility index (Phi) is 7.38. The summed E-state index contributed by atoms with van der Waals surface area (Å²) in [4.78, 5) is 14.4. The van der Waals surface area contributed by atoms with E-state index in [1.54, 1.807) is 12.1 Å². The standard InChI is InChI=1S/C20H27N3O3S/c1-3-23(18-6-4-5-16(2)15-18)14-12-20(24)22-13-11-17-7-9-19(10-8-17)27(21,25)26/h4-10,15H,3,11-14H2,1-2H3,(H,22,24)(H2,21,25,26). The van der Waals surface area contributed by atoms with Gasteiger partial charge in [0.25, 0.3) is 0 Å². The van der Waals surface area contributed by atoms with Crippen LogP contribution in [-0.4, -0.2) is 34.0 Å². The largest absolute Gasteiger partial charge is 0.371 e. The fraction of sp³-hybridized carbons (Fsp3) is 0.350. The lowest BCUT2D eigenvalue weighted by Gasteiger charge is -2.23. The maximum atomic E-state index is 12.1. The van der Waals surface area contributed by atoms with Crippen molar-refractivity contribution in [3.8, 4) is 0 Å². The summed E-state index contributed by atoms with van der Waals surface area (Å²) in [6.07, 6.45) is 1.05. The van der Waals surface area contributed by atoms with Crippen LogP contribution in [0.3, 0.4) is 0 Å². The summed E-state index contributed by atoms with van der Waals surface area (Å²) in [5.74, 6) is 0.00209. The molecule has 0 unspecified atom stereocenters. The number of nitrogens with one attached hydrogen (secondary N) is 1. The smallest absolute Gasteiger partial charge is 0.238 e. The molecule has 0 aliphatic heterocycles. The van der Waals surface area contributed by atoms with E-state index >= 15 is 0 Å². The summed E-state index contributed by atoms with van der Waals surface area (Å²) in [5, 5.41) is 7.99. The van der Waals surface area contributed by atoms with Crippen molar-refractivity contribution in [1.82, 2.24) is 5.32 Å². The van der Waals surface area contributed by atoms with Crippen molar-refractivity contribution in [2.45, 2.75) is 31.6 Å². The Hall–Kier alpha value is -2.38. The summed E-state index contributed by atoms with van der Waals surface area (Å²) in [6, 6.07) is 14.6. The monoisotopic (exact) mass is 389 g/mol. The molecule has 2 aromatic carbocycles. The zero-order valence-electron chi connectivity index (χ0n) is 15.8. The second-order valence-corrected chi connectivity index (χ2v) is 8.02. The van der Waals surface area contributed by atoms with Gasteiger partial charge in [-0.3, -0.25) is 4.79 Å². The van der Waals surface area contributed by atoms with Crippen molar-refractivity contribution in [2.24, 2.45) is 5.14 Å². The molecule has 0 heterocycles. The summed E-state index contributed by atoms with van der Waals surface area (Å²) >= 11 is 0. The molecule has 0 aliphatic carbocycles. The first-order valence-corrected chi connectivity index (χ1v) is 10.5. The molecule has 0 bridgehead atoms. The van der Waals surface area contributed by atoms with Crippen LogP contribution in [0.25, 0.3) is 0 Å². The summed E-state index contributed by atoms with van der Waals surface area (Å²) in [6.45, 7) is 6.14. The predicted molar refractivity (Wildman–Crippen MR) is 108 cm³/mol. The zero-order chi connectivity index (χ0) is 19.9. The van der Waals surface area contributed by atoms with E-state index in [0.717, 1.165) is 17.8 Å². The number of carbonyl (C=O) groups is 1. The number of rotatable bonds is 9.